The molecule has 1 N–H and O–H groups in total. The fourth-order valence-corrected chi connectivity index (χ4v) is 1.18. The van der Waals surface area contributed by atoms with Crippen molar-refractivity contribution in [2.45, 2.75) is 25.9 Å². The standard InChI is InChI=1S/C8H15NO2/c1-2-3-7(10)8-6-9-4-5-11-8/h8-9H,2-6H2,1H3. The molecule has 3 nitrogen and oxygen atoms in total. The first-order chi connectivity index (χ1) is 5.34. The van der Waals surface area contributed by atoms with Crippen molar-refractivity contribution in [3.63, 3.8) is 0 Å². The molecule has 1 unspecified atom stereocenters. The summed E-state index contributed by atoms with van der Waals surface area (Å²) in [4.78, 5) is 11.2. The lowest BCUT2D eigenvalue weighted by Gasteiger charge is -2.22. The van der Waals surface area contributed by atoms with Crippen molar-refractivity contribution >= 4 is 5.78 Å². The smallest absolute Gasteiger partial charge is 0.162 e. The third kappa shape index (κ3) is 2.60. The van der Waals surface area contributed by atoms with Crippen LogP contribution < -0.4 is 5.32 Å². The summed E-state index contributed by atoms with van der Waals surface area (Å²) >= 11 is 0. The van der Waals surface area contributed by atoms with Crippen molar-refractivity contribution < 1.29 is 9.53 Å². The summed E-state index contributed by atoms with van der Waals surface area (Å²) < 4.78 is 5.28. The van der Waals surface area contributed by atoms with Crippen LogP contribution in [0.25, 0.3) is 0 Å². The van der Waals surface area contributed by atoms with E-state index < -0.39 is 0 Å². The van der Waals surface area contributed by atoms with E-state index in [1.165, 1.54) is 0 Å². The van der Waals surface area contributed by atoms with E-state index in [2.05, 4.69) is 5.32 Å². The van der Waals surface area contributed by atoms with Crippen LogP contribution in [0.3, 0.4) is 0 Å². The van der Waals surface area contributed by atoms with Crippen LogP contribution in [0, 0.1) is 0 Å². The van der Waals surface area contributed by atoms with Crippen molar-refractivity contribution in [2.75, 3.05) is 19.7 Å². The topological polar surface area (TPSA) is 38.3 Å². The van der Waals surface area contributed by atoms with Gasteiger partial charge in [-0.25, -0.2) is 0 Å². The maximum atomic E-state index is 11.2. The Hall–Kier alpha value is -0.410. The van der Waals surface area contributed by atoms with E-state index in [0.717, 1.165) is 13.0 Å². The van der Waals surface area contributed by atoms with Crippen molar-refractivity contribution in [1.82, 2.24) is 5.32 Å². The van der Waals surface area contributed by atoms with Crippen LogP contribution in [-0.2, 0) is 9.53 Å². The Morgan fingerprint density at radius 1 is 1.73 bits per heavy atom. The number of rotatable bonds is 3. The first-order valence-corrected chi connectivity index (χ1v) is 4.19. The molecular weight excluding hydrogens is 142 g/mol. The van der Waals surface area contributed by atoms with Gasteiger partial charge in [-0.05, 0) is 6.42 Å². The maximum absolute atomic E-state index is 11.2. The SMILES string of the molecule is CCCC(=O)C1CNCCO1. The van der Waals surface area contributed by atoms with E-state index in [1.54, 1.807) is 0 Å². The highest BCUT2D eigenvalue weighted by Crippen LogP contribution is 2.02. The van der Waals surface area contributed by atoms with Crippen LogP contribution in [-0.4, -0.2) is 31.6 Å². The summed E-state index contributed by atoms with van der Waals surface area (Å²) in [5, 5.41) is 3.13. The summed E-state index contributed by atoms with van der Waals surface area (Å²) in [7, 11) is 0. The molecule has 0 aromatic rings. The van der Waals surface area contributed by atoms with Gasteiger partial charge in [-0.15, -0.1) is 0 Å². The van der Waals surface area contributed by atoms with Gasteiger partial charge < -0.3 is 10.1 Å². The summed E-state index contributed by atoms with van der Waals surface area (Å²) in [5.74, 6) is 0.236. The minimum atomic E-state index is -0.177. The summed E-state index contributed by atoms with van der Waals surface area (Å²) in [5.41, 5.74) is 0. The Bertz CT molecular complexity index is 130. The molecule has 1 heterocycles. The molecule has 0 aromatic carbocycles. The van der Waals surface area contributed by atoms with Crippen molar-refractivity contribution in [3.05, 3.63) is 0 Å². The van der Waals surface area contributed by atoms with E-state index in [4.69, 9.17) is 4.74 Å². The average Bonchev–Trinajstić information content (AvgIpc) is 2.07. The average molecular weight is 157 g/mol. The Labute approximate surface area is 67.1 Å². The molecule has 1 aliphatic rings. The van der Waals surface area contributed by atoms with E-state index in [0.29, 0.717) is 19.6 Å². The molecule has 0 radical (unpaired) electrons. The lowest BCUT2D eigenvalue weighted by atomic mass is 10.1. The fourth-order valence-electron chi connectivity index (χ4n) is 1.18. The molecule has 3 heteroatoms. The third-order valence-corrected chi connectivity index (χ3v) is 1.78. The maximum Gasteiger partial charge on any atom is 0.162 e. The van der Waals surface area contributed by atoms with Gasteiger partial charge >= 0.3 is 0 Å². The molecule has 1 saturated heterocycles. The van der Waals surface area contributed by atoms with Crippen LogP contribution in [0.15, 0.2) is 0 Å². The summed E-state index contributed by atoms with van der Waals surface area (Å²) in [6.07, 6.45) is 1.38. The van der Waals surface area contributed by atoms with E-state index in [1.807, 2.05) is 6.92 Å². The van der Waals surface area contributed by atoms with Crippen LogP contribution in [0.4, 0.5) is 0 Å². The second kappa shape index (κ2) is 4.46. The molecule has 1 fully saturated rings. The number of Topliss-reactive ketones (excluding diaryl/α,β-unsaturated/α-hetero) is 1. The van der Waals surface area contributed by atoms with Crippen molar-refractivity contribution in [3.8, 4) is 0 Å². The monoisotopic (exact) mass is 157 g/mol. The molecule has 1 aliphatic heterocycles. The Morgan fingerprint density at radius 2 is 2.55 bits per heavy atom. The van der Waals surface area contributed by atoms with Crippen LogP contribution in [0.5, 0.6) is 0 Å². The van der Waals surface area contributed by atoms with Crippen molar-refractivity contribution in [2.24, 2.45) is 0 Å². The van der Waals surface area contributed by atoms with Crippen LogP contribution in [0.2, 0.25) is 0 Å². The molecule has 0 spiro atoms. The Kier molecular flexibility index (Phi) is 3.52. The number of hydrogen-bond donors (Lipinski definition) is 1. The summed E-state index contributed by atoms with van der Waals surface area (Å²) in [6, 6.07) is 0. The summed E-state index contributed by atoms with van der Waals surface area (Å²) in [6.45, 7) is 4.24. The minimum absolute atomic E-state index is 0.177. The number of hydrogen-bond acceptors (Lipinski definition) is 3. The van der Waals surface area contributed by atoms with Gasteiger partial charge in [0, 0.05) is 19.5 Å². The second-order valence-electron chi connectivity index (χ2n) is 2.78. The van der Waals surface area contributed by atoms with Crippen LogP contribution >= 0.6 is 0 Å². The zero-order valence-electron chi connectivity index (χ0n) is 6.93. The highest BCUT2D eigenvalue weighted by molar-refractivity contribution is 5.83. The minimum Gasteiger partial charge on any atom is -0.368 e. The largest absolute Gasteiger partial charge is 0.368 e. The molecule has 0 aromatic heterocycles. The molecule has 0 saturated carbocycles. The number of carbonyl (C=O) groups excluding carboxylic acids is 1. The fraction of sp³-hybridized carbons (Fsp3) is 0.875. The third-order valence-electron chi connectivity index (χ3n) is 1.78. The van der Waals surface area contributed by atoms with Crippen molar-refractivity contribution in [1.29, 1.82) is 0 Å². The van der Waals surface area contributed by atoms with E-state index in [9.17, 15) is 4.79 Å². The van der Waals surface area contributed by atoms with Gasteiger partial charge in [-0.1, -0.05) is 6.92 Å². The number of nitrogens with one attached hydrogen (secondary N) is 1. The van der Waals surface area contributed by atoms with Gasteiger partial charge in [0.2, 0.25) is 0 Å². The van der Waals surface area contributed by atoms with Gasteiger partial charge in [0.1, 0.15) is 6.10 Å². The molecular formula is C8H15NO2. The Morgan fingerprint density at radius 3 is 3.09 bits per heavy atom. The number of morpholine rings is 1. The van der Waals surface area contributed by atoms with Crippen LogP contribution in [0.1, 0.15) is 19.8 Å². The molecule has 0 aliphatic carbocycles. The Balaban J connectivity index is 2.27. The predicted molar refractivity (Wildman–Crippen MR) is 42.5 cm³/mol. The van der Waals surface area contributed by atoms with E-state index >= 15 is 0 Å². The highest BCUT2D eigenvalue weighted by atomic mass is 16.5. The second-order valence-corrected chi connectivity index (χ2v) is 2.78. The first kappa shape index (κ1) is 8.68. The zero-order valence-corrected chi connectivity index (χ0v) is 6.93. The van der Waals surface area contributed by atoms with Gasteiger partial charge in [0.05, 0.1) is 6.61 Å². The van der Waals surface area contributed by atoms with Gasteiger partial charge in [-0.2, -0.15) is 0 Å². The van der Waals surface area contributed by atoms with Gasteiger partial charge in [-0.3, -0.25) is 4.79 Å². The lowest BCUT2D eigenvalue weighted by molar-refractivity contribution is -0.131. The molecule has 0 bridgehead atoms. The zero-order chi connectivity index (χ0) is 8.10. The molecule has 0 amide bonds. The number of carbonyl (C=O) groups is 1. The lowest BCUT2D eigenvalue weighted by Crippen LogP contribution is -2.42. The quantitative estimate of drug-likeness (QED) is 0.642. The molecule has 64 valence electrons. The number of ketones is 1. The molecule has 1 atom stereocenters. The normalized spacial score (nSPS) is 25.0. The van der Waals surface area contributed by atoms with E-state index in [-0.39, 0.29) is 11.9 Å². The first-order valence-electron chi connectivity index (χ1n) is 4.19. The predicted octanol–water partition coefficient (Wildman–Crippen LogP) is 0.344. The van der Waals surface area contributed by atoms with Gasteiger partial charge in [0.25, 0.3) is 0 Å². The number of ether oxygens (including phenoxy) is 1. The molecule has 1 rings (SSSR count). The van der Waals surface area contributed by atoms with Gasteiger partial charge in [0.15, 0.2) is 5.78 Å². The molecule has 11 heavy (non-hydrogen) atoms. The highest BCUT2D eigenvalue weighted by Gasteiger charge is 2.19.